The van der Waals surface area contributed by atoms with Crippen molar-refractivity contribution < 1.29 is 14.0 Å². The fourth-order valence-electron chi connectivity index (χ4n) is 1.87. The number of nitriles is 1. The van der Waals surface area contributed by atoms with E-state index in [1.165, 1.54) is 19.4 Å². The van der Waals surface area contributed by atoms with Crippen LogP contribution in [0.4, 0.5) is 11.4 Å². The van der Waals surface area contributed by atoms with Crippen molar-refractivity contribution in [2.45, 2.75) is 13.5 Å². The molecule has 1 aromatic heterocycles. The molecule has 1 aromatic carbocycles. The Hall–Kier alpha value is -3.53. The molecule has 2 rings (SSSR count). The van der Waals surface area contributed by atoms with Gasteiger partial charge in [0.1, 0.15) is 17.4 Å². The molecule has 0 aliphatic carbocycles. The van der Waals surface area contributed by atoms with E-state index in [9.17, 15) is 9.59 Å². The number of carbonyl (C=O) groups excluding carboxylic acids is 2. The highest BCUT2D eigenvalue weighted by Crippen LogP contribution is 2.15. The first-order chi connectivity index (χ1) is 11.6. The van der Waals surface area contributed by atoms with Gasteiger partial charge >= 0.3 is 0 Å². The molecule has 7 nitrogen and oxygen atoms in total. The van der Waals surface area contributed by atoms with Crippen LogP contribution in [-0.4, -0.2) is 11.8 Å². The second-order valence-electron chi connectivity index (χ2n) is 4.84. The fraction of sp³-hybridized carbons (Fsp3) is 0.118. The van der Waals surface area contributed by atoms with Gasteiger partial charge in [0.2, 0.25) is 5.91 Å². The number of nitrogens with zero attached hydrogens (tertiary/aromatic N) is 1. The van der Waals surface area contributed by atoms with Crippen molar-refractivity contribution in [2.75, 3.05) is 10.6 Å². The fourth-order valence-corrected chi connectivity index (χ4v) is 1.87. The van der Waals surface area contributed by atoms with Crippen LogP contribution in [0, 0.1) is 11.3 Å². The monoisotopic (exact) mass is 324 g/mol. The third-order valence-electron chi connectivity index (χ3n) is 2.93. The highest BCUT2D eigenvalue weighted by atomic mass is 16.3. The Labute approximate surface area is 139 Å². The first-order valence-corrected chi connectivity index (χ1v) is 7.13. The van der Waals surface area contributed by atoms with Crippen LogP contribution < -0.4 is 16.0 Å². The number of hydrogen-bond acceptors (Lipinski definition) is 5. The standard InChI is InChI=1S/C17H16N4O3/c1-12(22)21-15-5-2-4-14(8-15)19-10-13(9-18)17(23)20-11-16-6-3-7-24-16/h2-8,10,19H,11H2,1H3,(H,20,23)(H,21,22)/b13-10-. The van der Waals surface area contributed by atoms with Crippen LogP contribution in [0.1, 0.15) is 12.7 Å². The number of furan rings is 1. The first-order valence-electron chi connectivity index (χ1n) is 7.13. The molecule has 0 aliphatic heterocycles. The molecule has 24 heavy (non-hydrogen) atoms. The van der Waals surface area contributed by atoms with Crippen molar-refractivity contribution in [2.24, 2.45) is 0 Å². The molecular formula is C17H16N4O3. The van der Waals surface area contributed by atoms with Gasteiger partial charge in [0, 0.05) is 24.5 Å². The summed E-state index contributed by atoms with van der Waals surface area (Å²) in [6.07, 6.45) is 2.82. The Balaban J connectivity index is 1.98. The Bertz CT molecular complexity index is 788. The van der Waals surface area contributed by atoms with E-state index in [1.54, 1.807) is 36.4 Å². The summed E-state index contributed by atoms with van der Waals surface area (Å²) in [6, 6.07) is 12.2. The molecule has 0 atom stereocenters. The predicted molar refractivity (Wildman–Crippen MR) is 88.6 cm³/mol. The van der Waals surface area contributed by atoms with Gasteiger partial charge in [0.25, 0.3) is 5.91 Å². The number of hydrogen-bond donors (Lipinski definition) is 3. The Kier molecular flexibility index (Phi) is 5.75. The molecular weight excluding hydrogens is 308 g/mol. The van der Waals surface area contributed by atoms with E-state index in [0.29, 0.717) is 17.1 Å². The molecule has 0 fully saturated rings. The molecule has 2 amide bonds. The Morgan fingerprint density at radius 3 is 2.71 bits per heavy atom. The summed E-state index contributed by atoms with van der Waals surface area (Å²) >= 11 is 0. The summed E-state index contributed by atoms with van der Waals surface area (Å²) in [6.45, 7) is 1.61. The topological polar surface area (TPSA) is 107 Å². The molecule has 0 aliphatic rings. The van der Waals surface area contributed by atoms with E-state index in [4.69, 9.17) is 9.68 Å². The lowest BCUT2D eigenvalue weighted by Gasteiger charge is -2.06. The third kappa shape index (κ3) is 5.03. The third-order valence-corrected chi connectivity index (χ3v) is 2.93. The van der Waals surface area contributed by atoms with Gasteiger partial charge in [0.15, 0.2) is 0 Å². The van der Waals surface area contributed by atoms with Gasteiger partial charge in [-0.1, -0.05) is 6.07 Å². The Morgan fingerprint density at radius 1 is 1.25 bits per heavy atom. The average Bonchev–Trinajstić information content (AvgIpc) is 3.06. The van der Waals surface area contributed by atoms with E-state index in [2.05, 4.69) is 16.0 Å². The SMILES string of the molecule is CC(=O)Nc1cccc(N/C=C(/C#N)C(=O)NCc2ccco2)c1. The van der Waals surface area contributed by atoms with E-state index in [-0.39, 0.29) is 18.0 Å². The molecule has 7 heteroatoms. The lowest BCUT2D eigenvalue weighted by atomic mass is 10.2. The summed E-state index contributed by atoms with van der Waals surface area (Å²) < 4.78 is 5.10. The second kappa shape index (κ2) is 8.19. The number of amides is 2. The molecule has 0 spiro atoms. The van der Waals surface area contributed by atoms with Gasteiger partial charge in [-0.2, -0.15) is 5.26 Å². The summed E-state index contributed by atoms with van der Waals surface area (Å²) in [7, 11) is 0. The maximum Gasteiger partial charge on any atom is 0.263 e. The van der Waals surface area contributed by atoms with E-state index >= 15 is 0 Å². The van der Waals surface area contributed by atoms with Crippen molar-refractivity contribution in [1.82, 2.24) is 5.32 Å². The van der Waals surface area contributed by atoms with Gasteiger partial charge in [-0.3, -0.25) is 9.59 Å². The van der Waals surface area contributed by atoms with Crippen molar-refractivity contribution in [1.29, 1.82) is 5.26 Å². The van der Waals surface area contributed by atoms with Crippen molar-refractivity contribution in [3.8, 4) is 6.07 Å². The van der Waals surface area contributed by atoms with Crippen LogP contribution in [0.3, 0.4) is 0 Å². The number of rotatable bonds is 6. The molecule has 0 radical (unpaired) electrons. The van der Waals surface area contributed by atoms with Crippen LogP contribution in [0.2, 0.25) is 0 Å². The van der Waals surface area contributed by atoms with Gasteiger partial charge in [-0.15, -0.1) is 0 Å². The lowest BCUT2D eigenvalue weighted by Crippen LogP contribution is -2.24. The zero-order chi connectivity index (χ0) is 17.4. The normalized spacial score (nSPS) is 10.6. The lowest BCUT2D eigenvalue weighted by molar-refractivity contribution is -0.117. The van der Waals surface area contributed by atoms with E-state index < -0.39 is 5.91 Å². The molecule has 0 unspecified atom stereocenters. The number of benzene rings is 1. The van der Waals surface area contributed by atoms with Crippen LogP contribution >= 0.6 is 0 Å². The smallest absolute Gasteiger partial charge is 0.263 e. The number of carbonyl (C=O) groups is 2. The summed E-state index contributed by atoms with van der Waals surface area (Å²) in [4.78, 5) is 23.0. The largest absolute Gasteiger partial charge is 0.467 e. The molecule has 122 valence electrons. The summed E-state index contributed by atoms with van der Waals surface area (Å²) in [5.41, 5.74) is 1.17. The minimum Gasteiger partial charge on any atom is -0.467 e. The quantitative estimate of drug-likeness (QED) is 0.558. The van der Waals surface area contributed by atoms with Gasteiger partial charge < -0.3 is 20.4 Å². The maximum atomic E-state index is 12.0. The molecule has 0 saturated carbocycles. The van der Waals surface area contributed by atoms with Gasteiger partial charge in [0.05, 0.1) is 12.8 Å². The maximum absolute atomic E-state index is 12.0. The summed E-state index contributed by atoms with van der Waals surface area (Å²) in [5.74, 6) is -0.103. The number of anilines is 2. The van der Waals surface area contributed by atoms with Crippen molar-refractivity contribution >= 4 is 23.2 Å². The summed E-state index contributed by atoms with van der Waals surface area (Å²) in [5, 5.41) is 17.2. The average molecular weight is 324 g/mol. The van der Waals surface area contributed by atoms with Gasteiger partial charge in [-0.25, -0.2) is 0 Å². The van der Waals surface area contributed by atoms with E-state index in [1.807, 2.05) is 6.07 Å². The Morgan fingerprint density at radius 2 is 2.04 bits per heavy atom. The minimum absolute atomic E-state index is 0.0773. The van der Waals surface area contributed by atoms with E-state index in [0.717, 1.165) is 0 Å². The molecule has 0 saturated heterocycles. The first kappa shape index (κ1) is 16.8. The van der Waals surface area contributed by atoms with Crippen molar-refractivity contribution in [3.05, 3.63) is 60.2 Å². The highest BCUT2D eigenvalue weighted by molar-refractivity contribution is 5.97. The van der Waals surface area contributed by atoms with Crippen LogP contribution in [-0.2, 0) is 16.1 Å². The van der Waals surface area contributed by atoms with Crippen LogP contribution in [0.25, 0.3) is 0 Å². The second-order valence-corrected chi connectivity index (χ2v) is 4.84. The molecule has 3 N–H and O–H groups in total. The van der Waals surface area contributed by atoms with Crippen molar-refractivity contribution in [3.63, 3.8) is 0 Å². The minimum atomic E-state index is -0.514. The predicted octanol–water partition coefficient (Wildman–Crippen LogP) is 2.37. The molecule has 1 heterocycles. The highest BCUT2D eigenvalue weighted by Gasteiger charge is 2.09. The molecule has 2 aromatic rings. The number of nitrogens with one attached hydrogen (secondary N) is 3. The van der Waals surface area contributed by atoms with Gasteiger partial charge in [-0.05, 0) is 30.3 Å². The van der Waals surface area contributed by atoms with Crippen LogP contribution in [0.15, 0.2) is 58.9 Å². The van der Waals surface area contributed by atoms with Crippen LogP contribution in [0.5, 0.6) is 0 Å². The zero-order valence-corrected chi connectivity index (χ0v) is 13.0. The zero-order valence-electron chi connectivity index (χ0n) is 13.0. The molecule has 0 bridgehead atoms.